The van der Waals surface area contributed by atoms with Gasteiger partial charge in [-0.05, 0) is 42.7 Å². The lowest BCUT2D eigenvalue weighted by Gasteiger charge is -2.22. The topological polar surface area (TPSA) is 107 Å². The number of nitrogens with two attached hydrogens (primary N) is 1. The van der Waals surface area contributed by atoms with Gasteiger partial charge in [-0.2, -0.15) is 0 Å². The first kappa shape index (κ1) is 16.6. The number of nitro groups is 1. The number of hydrogen-bond acceptors (Lipinski definition) is 4. The van der Waals surface area contributed by atoms with Gasteiger partial charge >= 0.3 is 0 Å². The molecule has 25 heavy (non-hydrogen) atoms. The Morgan fingerprint density at radius 3 is 2.08 bits per heavy atom. The fourth-order valence-corrected chi connectivity index (χ4v) is 2.62. The van der Waals surface area contributed by atoms with Gasteiger partial charge in [-0.1, -0.05) is 12.1 Å². The van der Waals surface area contributed by atoms with E-state index >= 15 is 0 Å². The molecule has 0 aromatic heterocycles. The highest BCUT2D eigenvalue weighted by Crippen LogP contribution is 2.30. The van der Waals surface area contributed by atoms with Gasteiger partial charge in [0, 0.05) is 35.8 Å². The zero-order chi connectivity index (χ0) is 18.0. The molecule has 0 saturated heterocycles. The third-order valence-corrected chi connectivity index (χ3v) is 4.16. The van der Waals surface area contributed by atoms with E-state index in [1.54, 1.807) is 29.2 Å². The average Bonchev–Trinajstić information content (AvgIpc) is 3.44. The zero-order valence-electron chi connectivity index (χ0n) is 13.4. The van der Waals surface area contributed by atoms with Crippen LogP contribution < -0.4 is 5.73 Å². The van der Waals surface area contributed by atoms with Crippen molar-refractivity contribution in [2.24, 2.45) is 5.73 Å². The van der Waals surface area contributed by atoms with E-state index in [-0.39, 0.29) is 17.6 Å². The first-order valence-electron chi connectivity index (χ1n) is 7.90. The van der Waals surface area contributed by atoms with Crippen LogP contribution in [0.5, 0.6) is 0 Å². The number of non-ortho nitro benzene ring substituents is 1. The molecule has 2 aromatic carbocycles. The molecule has 2 amide bonds. The smallest absolute Gasteiger partial charge is 0.269 e. The van der Waals surface area contributed by atoms with Gasteiger partial charge in [0.1, 0.15) is 0 Å². The molecular weight excluding hydrogens is 322 g/mol. The second-order valence-electron chi connectivity index (χ2n) is 6.03. The van der Waals surface area contributed by atoms with E-state index in [2.05, 4.69) is 0 Å². The number of primary amides is 1. The maximum Gasteiger partial charge on any atom is 0.269 e. The van der Waals surface area contributed by atoms with Gasteiger partial charge in [0.15, 0.2) is 0 Å². The Kier molecular flexibility index (Phi) is 4.47. The minimum Gasteiger partial charge on any atom is -0.366 e. The third-order valence-electron chi connectivity index (χ3n) is 4.16. The largest absolute Gasteiger partial charge is 0.366 e. The van der Waals surface area contributed by atoms with Crippen molar-refractivity contribution in [3.05, 3.63) is 75.3 Å². The summed E-state index contributed by atoms with van der Waals surface area (Å²) in [6, 6.07) is 12.6. The van der Waals surface area contributed by atoms with E-state index < -0.39 is 10.8 Å². The van der Waals surface area contributed by atoms with Gasteiger partial charge in [-0.25, -0.2) is 0 Å². The van der Waals surface area contributed by atoms with E-state index in [4.69, 9.17) is 5.73 Å². The summed E-state index contributed by atoms with van der Waals surface area (Å²) in [7, 11) is 0. The second-order valence-corrected chi connectivity index (χ2v) is 6.03. The summed E-state index contributed by atoms with van der Waals surface area (Å²) in [6.07, 6.45) is 1.89. The van der Waals surface area contributed by atoms with Gasteiger partial charge in [-0.15, -0.1) is 0 Å². The summed E-state index contributed by atoms with van der Waals surface area (Å²) in [5.41, 5.74) is 6.92. The predicted molar refractivity (Wildman–Crippen MR) is 91.0 cm³/mol. The number of benzene rings is 2. The van der Waals surface area contributed by atoms with Crippen molar-refractivity contribution in [2.45, 2.75) is 25.4 Å². The van der Waals surface area contributed by atoms with Crippen molar-refractivity contribution >= 4 is 17.5 Å². The maximum atomic E-state index is 12.8. The van der Waals surface area contributed by atoms with E-state index in [9.17, 15) is 19.7 Å². The van der Waals surface area contributed by atoms with Gasteiger partial charge in [-0.3, -0.25) is 19.7 Å². The number of nitro benzene ring substituents is 1. The normalized spacial score (nSPS) is 13.3. The van der Waals surface area contributed by atoms with E-state index in [1.807, 2.05) is 0 Å². The molecule has 0 spiro atoms. The number of carbonyl (C=O) groups is 2. The van der Waals surface area contributed by atoms with Crippen molar-refractivity contribution in [2.75, 3.05) is 0 Å². The Balaban J connectivity index is 1.77. The van der Waals surface area contributed by atoms with Gasteiger partial charge < -0.3 is 10.6 Å². The molecule has 0 heterocycles. The first-order chi connectivity index (χ1) is 12.0. The fraction of sp³-hybridized carbons (Fsp3) is 0.222. The molecule has 0 unspecified atom stereocenters. The zero-order valence-corrected chi connectivity index (χ0v) is 13.4. The van der Waals surface area contributed by atoms with Crippen molar-refractivity contribution in [3.63, 3.8) is 0 Å². The molecule has 2 aromatic rings. The van der Waals surface area contributed by atoms with Crippen LogP contribution in [0.25, 0.3) is 0 Å². The molecule has 1 aliphatic carbocycles. The first-order valence-corrected chi connectivity index (χ1v) is 7.90. The summed E-state index contributed by atoms with van der Waals surface area (Å²) in [5, 5.41) is 10.7. The highest BCUT2D eigenvalue weighted by atomic mass is 16.6. The SMILES string of the molecule is NC(=O)c1ccc(CN(C(=O)c2ccc([N+](=O)[O-])cc2)C2CC2)cc1. The number of nitrogens with zero attached hydrogens (tertiary/aromatic N) is 2. The van der Waals surface area contributed by atoms with Crippen molar-refractivity contribution in [1.82, 2.24) is 4.90 Å². The van der Waals surface area contributed by atoms with Crippen molar-refractivity contribution in [3.8, 4) is 0 Å². The van der Waals surface area contributed by atoms with Gasteiger partial charge in [0.05, 0.1) is 4.92 Å². The number of amides is 2. The van der Waals surface area contributed by atoms with Crippen LogP contribution in [-0.2, 0) is 6.54 Å². The molecule has 0 radical (unpaired) electrons. The lowest BCUT2D eigenvalue weighted by Crippen LogP contribution is -2.32. The summed E-state index contributed by atoms with van der Waals surface area (Å²) >= 11 is 0. The lowest BCUT2D eigenvalue weighted by molar-refractivity contribution is -0.384. The minimum absolute atomic E-state index is 0.0448. The van der Waals surface area contributed by atoms with Crippen LogP contribution >= 0.6 is 0 Å². The maximum absolute atomic E-state index is 12.8. The van der Waals surface area contributed by atoms with E-state index in [0.717, 1.165) is 18.4 Å². The molecule has 7 heteroatoms. The van der Waals surface area contributed by atoms with Crippen molar-refractivity contribution < 1.29 is 14.5 Å². The molecule has 128 valence electrons. The molecular formula is C18H17N3O4. The van der Waals surface area contributed by atoms with Gasteiger partial charge in [0.2, 0.25) is 5.91 Å². The Hall–Kier alpha value is -3.22. The summed E-state index contributed by atoms with van der Waals surface area (Å²) in [5.74, 6) is -0.649. The summed E-state index contributed by atoms with van der Waals surface area (Å²) in [6.45, 7) is 0.416. The van der Waals surface area contributed by atoms with Crippen molar-refractivity contribution in [1.29, 1.82) is 0 Å². The Morgan fingerprint density at radius 1 is 1.04 bits per heavy atom. The molecule has 1 fully saturated rings. The Bertz CT molecular complexity index is 811. The van der Waals surface area contributed by atoms with E-state index in [0.29, 0.717) is 17.7 Å². The third kappa shape index (κ3) is 3.82. The molecule has 2 N–H and O–H groups in total. The minimum atomic E-state index is -0.493. The van der Waals surface area contributed by atoms with Crippen LogP contribution in [0.2, 0.25) is 0 Å². The fourth-order valence-electron chi connectivity index (χ4n) is 2.62. The average molecular weight is 339 g/mol. The Morgan fingerprint density at radius 2 is 1.60 bits per heavy atom. The van der Waals surface area contributed by atoms with Gasteiger partial charge in [0.25, 0.3) is 11.6 Å². The van der Waals surface area contributed by atoms with Crippen LogP contribution in [0.15, 0.2) is 48.5 Å². The lowest BCUT2D eigenvalue weighted by atomic mass is 10.1. The number of carbonyl (C=O) groups excluding carboxylic acids is 2. The molecule has 0 aliphatic heterocycles. The highest BCUT2D eigenvalue weighted by Gasteiger charge is 2.33. The second kappa shape index (κ2) is 6.72. The highest BCUT2D eigenvalue weighted by molar-refractivity contribution is 5.95. The molecule has 7 nitrogen and oxygen atoms in total. The standard InChI is InChI=1S/C18H17N3O4/c19-17(22)13-3-1-12(2-4-13)11-20(15-9-10-15)18(23)14-5-7-16(8-6-14)21(24)25/h1-8,15H,9-11H2,(H2,19,22). The van der Waals surface area contributed by atoms with Crippen LogP contribution in [0.1, 0.15) is 39.1 Å². The van der Waals surface area contributed by atoms with E-state index in [1.165, 1.54) is 24.3 Å². The van der Waals surface area contributed by atoms with Crippen LogP contribution in [0.3, 0.4) is 0 Å². The quantitative estimate of drug-likeness (QED) is 0.644. The Labute approximate surface area is 144 Å². The molecule has 1 saturated carbocycles. The number of rotatable bonds is 6. The predicted octanol–water partition coefficient (Wildman–Crippen LogP) is 2.50. The summed E-state index contributed by atoms with van der Waals surface area (Å²) in [4.78, 5) is 35.9. The molecule has 1 aliphatic rings. The van der Waals surface area contributed by atoms with Crippen LogP contribution in [0.4, 0.5) is 5.69 Å². The molecule has 0 atom stereocenters. The van der Waals surface area contributed by atoms with Crippen LogP contribution in [0, 0.1) is 10.1 Å². The molecule has 0 bridgehead atoms. The molecule has 3 rings (SSSR count). The number of hydrogen-bond donors (Lipinski definition) is 1. The summed E-state index contributed by atoms with van der Waals surface area (Å²) < 4.78 is 0. The van der Waals surface area contributed by atoms with Crippen LogP contribution in [-0.4, -0.2) is 27.7 Å². The monoisotopic (exact) mass is 339 g/mol.